The van der Waals surface area contributed by atoms with Crippen molar-refractivity contribution in [1.29, 1.82) is 0 Å². The summed E-state index contributed by atoms with van der Waals surface area (Å²) in [5.74, 6) is 0.548. The molecule has 0 bridgehead atoms. The fourth-order valence-corrected chi connectivity index (χ4v) is 2.54. The van der Waals surface area contributed by atoms with E-state index in [4.69, 9.17) is 0 Å². The summed E-state index contributed by atoms with van der Waals surface area (Å²) in [5.41, 5.74) is 0. The quantitative estimate of drug-likeness (QED) is 0.556. The van der Waals surface area contributed by atoms with Gasteiger partial charge in [-0.05, 0) is 19.3 Å². The topological polar surface area (TPSA) is 56.7 Å². The van der Waals surface area contributed by atoms with Crippen LogP contribution in [0.1, 0.15) is 39.0 Å². The van der Waals surface area contributed by atoms with E-state index < -0.39 is 12.6 Å². The van der Waals surface area contributed by atoms with Crippen LogP contribution < -0.4 is 10.6 Å². The minimum Gasteiger partial charge on any atom is -0.356 e. The summed E-state index contributed by atoms with van der Waals surface area (Å²) in [6.07, 6.45) is -1.92. The Morgan fingerprint density at radius 1 is 1.36 bits per heavy atom. The summed E-state index contributed by atoms with van der Waals surface area (Å²) < 4.78 is 36.3. The molecule has 0 aliphatic carbocycles. The largest absolute Gasteiger partial charge is 0.390 e. The van der Waals surface area contributed by atoms with Crippen molar-refractivity contribution in [2.45, 2.75) is 51.2 Å². The van der Waals surface area contributed by atoms with Gasteiger partial charge in [0, 0.05) is 39.1 Å². The first kappa shape index (κ1) is 18.6. The van der Waals surface area contributed by atoms with Crippen LogP contribution in [0.2, 0.25) is 0 Å². The highest BCUT2D eigenvalue weighted by Gasteiger charge is 2.27. The number of guanidine groups is 1. The van der Waals surface area contributed by atoms with Gasteiger partial charge in [-0.15, -0.1) is 0 Å². The number of amides is 1. The van der Waals surface area contributed by atoms with Gasteiger partial charge in [-0.2, -0.15) is 13.2 Å². The van der Waals surface area contributed by atoms with E-state index in [9.17, 15) is 18.0 Å². The third kappa shape index (κ3) is 6.53. The number of aliphatic imine (C=N–C) groups is 1. The van der Waals surface area contributed by atoms with E-state index in [1.807, 2.05) is 11.8 Å². The zero-order valence-electron chi connectivity index (χ0n) is 13.2. The lowest BCUT2D eigenvalue weighted by atomic mass is 10.1. The normalized spacial score (nSPS) is 17.8. The summed E-state index contributed by atoms with van der Waals surface area (Å²) in [4.78, 5) is 17.5. The Hall–Kier alpha value is -1.47. The molecule has 0 saturated carbocycles. The van der Waals surface area contributed by atoms with Crippen molar-refractivity contribution in [1.82, 2.24) is 15.5 Å². The van der Waals surface area contributed by atoms with Crippen LogP contribution in [0, 0.1) is 0 Å². The smallest absolute Gasteiger partial charge is 0.356 e. The lowest BCUT2D eigenvalue weighted by Crippen LogP contribution is -2.42. The molecule has 0 aromatic carbocycles. The number of hydrogen-bond donors (Lipinski definition) is 2. The molecule has 8 heteroatoms. The summed E-state index contributed by atoms with van der Waals surface area (Å²) in [6.45, 7) is 3.20. The van der Waals surface area contributed by atoms with Crippen molar-refractivity contribution in [3.63, 3.8) is 0 Å². The number of likely N-dealkylation sites (tertiary alicyclic amines) is 1. The molecule has 1 aliphatic rings. The first-order valence-corrected chi connectivity index (χ1v) is 7.68. The summed E-state index contributed by atoms with van der Waals surface area (Å²) in [5, 5.41) is 5.63. The van der Waals surface area contributed by atoms with E-state index in [1.165, 1.54) is 7.05 Å². The second-order valence-corrected chi connectivity index (χ2v) is 5.33. The van der Waals surface area contributed by atoms with Crippen LogP contribution in [0.3, 0.4) is 0 Å². The molecule has 0 aromatic rings. The average Bonchev–Trinajstić information content (AvgIpc) is 2.86. The Kier molecular flexibility index (Phi) is 7.47. The van der Waals surface area contributed by atoms with Crippen molar-refractivity contribution in [2.75, 3.05) is 26.7 Å². The Bertz CT molecular complexity index is 385. The highest BCUT2D eigenvalue weighted by molar-refractivity contribution is 5.79. The predicted octanol–water partition coefficient (Wildman–Crippen LogP) is 1.89. The molecule has 1 saturated heterocycles. The molecule has 128 valence electrons. The zero-order valence-corrected chi connectivity index (χ0v) is 13.2. The van der Waals surface area contributed by atoms with Gasteiger partial charge in [0.1, 0.15) is 0 Å². The zero-order chi connectivity index (χ0) is 16.6. The van der Waals surface area contributed by atoms with Crippen molar-refractivity contribution in [3.8, 4) is 0 Å². The maximum Gasteiger partial charge on any atom is 0.390 e. The maximum atomic E-state index is 12.1. The van der Waals surface area contributed by atoms with Crippen LogP contribution >= 0.6 is 0 Å². The Labute approximate surface area is 129 Å². The van der Waals surface area contributed by atoms with Gasteiger partial charge in [-0.1, -0.05) is 6.92 Å². The molecule has 0 aromatic heterocycles. The third-order valence-electron chi connectivity index (χ3n) is 3.72. The first-order valence-electron chi connectivity index (χ1n) is 7.68. The van der Waals surface area contributed by atoms with Gasteiger partial charge in [-0.25, -0.2) is 0 Å². The molecule has 1 atom stereocenters. The number of hydrogen-bond acceptors (Lipinski definition) is 2. The fourth-order valence-electron chi connectivity index (χ4n) is 2.54. The summed E-state index contributed by atoms with van der Waals surface area (Å²) in [7, 11) is 1.52. The van der Waals surface area contributed by atoms with E-state index in [-0.39, 0.29) is 18.5 Å². The highest BCUT2D eigenvalue weighted by Crippen LogP contribution is 2.18. The Balaban J connectivity index is 2.29. The number of carbonyl (C=O) groups excluding carboxylic acids is 1. The van der Waals surface area contributed by atoms with Crippen molar-refractivity contribution in [3.05, 3.63) is 0 Å². The maximum absolute atomic E-state index is 12.1. The summed E-state index contributed by atoms with van der Waals surface area (Å²) in [6, 6.07) is 0.177. The van der Waals surface area contributed by atoms with Gasteiger partial charge >= 0.3 is 6.18 Å². The van der Waals surface area contributed by atoms with Gasteiger partial charge in [0.05, 0.1) is 6.42 Å². The Morgan fingerprint density at radius 2 is 2.05 bits per heavy atom. The van der Waals surface area contributed by atoms with Crippen LogP contribution in [0.5, 0.6) is 0 Å². The van der Waals surface area contributed by atoms with Crippen LogP contribution in [-0.2, 0) is 4.79 Å². The van der Waals surface area contributed by atoms with Gasteiger partial charge < -0.3 is 15.5 Å². The van der Waals surface area contributed by atoms with Crippen LogP contribution in [-0.4, -0.2) is 55.7 Å². The molecule has 1 unspecified atom stereocenters. The monoisotopic (exact) mass is 322 g/mol. The SMILES string of the molecule is CCC(CCNC(=NC)NCCC(F)(F)F)N1CCCC1=O. The van der Waals surface area contributed by atoms with Crippen LogP contribution in [0.15, 0.2) is 4.99 Å². The minimum atomic E-state index is -4.17. The van der Waals surface area contributed by atoms with Crippen molar-refractivity contribution >= 4 is 11.9 Å². The van der Waals surface area contributed by atoms with E-state index >= 15 is 0 Å². The average molecular weight is 322 g/mol. The van der Waals surface area contributed by atoms with Gasteiger partial charge in [0.2, 0.25) is 5.91 Å². The lowest BCUT2D eigenvalue weighted by Gasteiger charge is -2.27. The molecule has 0 spiro atoms. The number of rotatable bonds is 7. The third-order valence-corrected chi connectivity index (χ3v) is 3.72. The first-order chi connectivity index (χ1) is 10.4. The predicted molar refractivity (Wildman–Crippen MR) is 79.7 cm³/mol. The molecule has 22 heavy (non-hydrogen) atoms. The standard InChI is InChI=1S/C14H25F3N4O/c1-3-11(21-10-4-5-12(21)22)6-8-19-13(18-2)20-9-7-14(15,16)17/h11H,3-10H2,1-2H3,(H2,18,19,20). The van der Waals surface area contributed by atoms with Gasteiger partial charge in [-0.3, -0.25) is 9.79 Å². The van der Waals surface area contributed by atoms with E-state index in [2.05, 4.69) is 15.6 Å². The second-order valence-electron chi connectivity index (χ2n) is 5.33. The molecule has 1 aliphatic heterocycles. The number of alkyl halides is 3. The second kappa shape index (κ2) is 8.85. The number of nitrogens with one attached hydrogen (secondary N) is 2. The molecule has 1 heterocycles. The lowest BCUT2D eigenvalue weighted by molar-refractivity contribution is -0.133. The van der Waals surface area contributed by atoms with Gasteiger partial charge in [0.15, 0.2) is 5.96 Å². The minimum absolute atomic E-state index is 0.177. The molecule has 2 N–H and O–H groups in total. The number of nitrogens with zero attached hydrogens (tertiary/aromatic N) is 2. The van der Waals surface area contributed by atoms with E-state index in [0.29, 0.717) is 18.9 Å². The molecule has 0 radical (unpaired) electrons. The molecule has 1 fully saturated rings. The highest BCUT2D eigenvalue weighted by atomic mass is 19.4. The van der Waals surface area contributed by atoms with Crippen LogP contribution in [0.4, 0.5) is 13.2 Å². The number of halogens is 3. The summed E-state index contributed by atoms with van der Waals surface area (Å²) >= 11 is 0. The van der Waals surface area contributed by atoms with Crippen LogP contribution in [0.25, 0.3) is 0 Å². The van der Waals surface area contributed by atoms with E-state index in [1.54, 1.807) is 0 Å². The molecular formula is C14H25F3N4O. The molecule has 5 nitrogen and oxygen atoms in total. The van der Waals surface area contributed by atoms with Crippen molar-refractivity contribution in [2.24, 2.45) is 4.99 Å². The fraction of sp³-hybridized carbons (Fsp3) is 0.857. The molecule has 1 rings (SSSR count). The molecule has 1 amide bonds. The molecular weight excluding hydrogens is 297 g/mol. The van der Waals surface area contributed by atoms with E-state index in [0.717, 1.165) is 25.8 Å². The number of carbonyl (C=O) groups is 1. The van der Waals surface area contributed by atoms with Crippen molar-refractivity contribution < 1.29 is 18.0 Å². The van der Waals surface area contributed by atoms with Gasteiger partial charge in [0.25, 0.3) is 0 Å². The Morgan fingerprint density at radius 3 is 2.55 bits per heavy atom.